The van der Waals surface area contributed by atoms with Crippen LogP contribution in [0.2, 0.25) is 0 Å². The van der Waals surface area contributed by atoms with Gasteiger partial charge < -0.3 is 5.11 Å². The molecule has 1 radical (unpaired) electrons. The molecule has 0 bridgehead atoms. The van der Waals surface area contributed by atoms with Gasteiger partial charge in [-0.15, -0.1) is 0 Å². The van der Waals surface area contributed by atoms with Gasteiger partial charge in [-0.25, -0.2) is 0 Å². The summed E-state index contributed by atoms with van der Waals surface area (Å²) in [5.41, 5.74) is 0. The fourth-order valence-corrected chi connectivity index (χ4v) is 0.151. The molecule has 2 heteroatoms. The van der Waals surface area contributed by atoms with Crippen LogP contribution in [0.3, 0.4) is 0 Å². The Hall–Kier alpha value is -0.370. The molecule has 0 heterocycles. The third-order valence-electron chi connectivity index (χ3n) is 0.437. The summed E-state index contributed by atoms with van der Waals surface area (Å²) in [5.74, 6) is 0. The van der Waals surface area contributed by atoms with Crippen molar-refractivity contribution in [2.75, 3.05) is 6.61 Å². The van der Waals surface area contributed by atoms with E-state index >= 15 is 0 Å². The average Bonchev–Trinajstić information content (AvgIpc) is 1.61. The van der Waals surface area contributed by atoms with Crippen molar-refractivity contribution < 1.29 is 9.90 Å². The Balaban J connectivity index is 2.49. The minimum atomic E-state index is 0.0925. The Morgan fingerprint density at radius 1 is 1.67 bits per heavy atom. The van der Waals surface area contributed by atoms with Gasteiger partial charge in [0.2, 0.25) is 0 Å². The molecular weight excluding hydrogens is 80.0 g/mol. The van der Waals surface area contributed by atoms with Gasteiger partial charge in [0.15, 0.2) is 6.29 Å². The van der Waals surface area contributed by atoms with Crippen LogP contribution < -0.4 is 0 Å². The second-order valence-electron chi connectivity index (χ2n) is 0.971. The maximum absolute atomic E-state index is 9.33. The first-order valence-electron chi connectivity index (χ1n) is 1.87. The van der Waals surface area contributed by atoms with Crippen molar-refractivity contribution in [2.45, 2.75) is 12.8 Å². The Kier molecular flexibility index (Phi) is 4.34. The van der Waals surface area contributed by atoms with E-state index in [1.165, 1.54) is 0 Å². The van der Waals surface area contributed by atoms with Gasteiger partial charge >= 0.3 is 0 Å². The van der Waals surface area contributed by atoms with Gasteiger partial charge in [0.05, 0.1) is 0 Å². The number of unbranched alkanes of at least 4 members (excludes halogenated alkanes) is 1. The fourth-order valence-electron chi connectivity index (χ4n) is 0.151. The zero-order chi connectivity index (χ0) is 4.83. The molecule has 0 atom stereocenters. The van der Waals surface area contributed by atoms with Crippen LogP contribution in [0.5, 0.6) is 0 Å². The average molecular weight is 87.1 g/mol. The molecule has 0 spiro atoms. The van der Waals surface area contributed by atoms with Gasteiger partial charge in [-0.05, 0) is 6.42 Å². The second kappa shape index (κ2) is 4.63. The lowest BCUT2D eigenvalue weighted by molar-refractivity contribution is 0.290. The van der Waals surface area contributed by atoms with Crippen molar-refractivity contribution in [1.29, 1.82) is 0 Å². The molecule has 0 unspecified atom stereocenters. The van der Waals surface area contributed by atoms with Crippen LogP contribution in [-0.2, 0) is 4.79 Å². The molecule has 0 rings (SSSR count). The van der Waals surface area contributed by atoms with Gasteiger partial charge in [0, 0.05) is 13.0 Å². The first-order chi connectivity index (χ1) is 2.91. The number of carbonyl (C=O) groups excluding carboxylic acids is 1. The van der Waals surface area contributed by atoms with E-state index in [4.69, 9.17) is 5.11 Å². The van der Waals surface area contributed by atoms with Crippen LogP contribution in [0, 0.1) is 0 Å². The normalized spacial score (nSPS) is 8.17. The summed E-state index contributed by atoms with van der Waals surface area (Å²) in [5, 5.41) is 8.02. The van der Waals surface area contributed by atoms with E-state index in [0.29, 0.717) is 12.8 Å². The summed E-state index contributed by atoms with van der Waals surface area (Å²) in [4.78, 5) is 9.33. The first kappa shape index (κ1) is 5.63. The topological polar surface area (TPSA) is 37.3 Å². The monoisotopic (exact) mass is 87.0 g/mol. The maximum atomic E-state index is 9.33. The molecule has 6 heavy (non-hydrogen) atoms. The Morgan fingerprint density at radius 3 is 2.50 bits per heavy atom. The van der Waals surface area contributed by atoms with E-state index in [1.54, 1.807) is 6.29 Å². The van der Waals surface area contributed by atoms with Gasteiger partial charge in [-0.1, -0.05) is 0 Å². The fraction of sp³-hybridized carbons (Fsp3) is 0.750. The van der Waals surface area contributed by atoms with Crippen LogP contribution in [0.4, 0.5) is 0 Å². The van der Waals surface area contributed by atoms with E-state index in [2.05, 4.69) is 0 Å². The van der Waals surface area contributed by atoms with Crippen LogP contribution in [0.25, 0.3) is 0 Å². The molecule has 0 aromatic carbocycles. The molecule has 0 saturated carbocycles. The summed E-state index contributed by atoms with van der Waals surface area (Å²) < 4.78 is 0. The molecule has 0 saturated heterocycles. The largest absolute Gasteiger partial charge is 0.396 e. The van der Waals surface area contributed by atoms with Crippen LogP contribution in [-0.4, -0.2) is 18.0 Å². The highest BCUT2D eigenvalue weighted by Gasteiger charge is 1.77. The molecule has 35 valence electrons. The van der Waals surface area contributed by atoms with Crippen LogP contribution >= 0.6 is 0 Å². The molecule has 0 aliphatic carbocycles. The lowest BCUT2D eigenvalue weighted by atomic mass is 10.4. The van der Waals surface area contributed by atoms with E-state index in [0.717, 1.165) is 0 Å². The SMILES string of the molecule is O=[C]CCCO. The Bertz CT molecular complexity index is 34.5. The lowest BCUT2D eigenvalue weighted by Gasteiger charge is -1.78. The standard InChI is InChI=1S/C4H7O2/c5-3-1-2-4-6/h5H,1-3H2. The molecular formula is C4H7O2. The third kappa shape index (κ3) is 3.63. The molecule has 0 aliphatic heterocycles. The van der Waals surface area contributed by atoms with Gasteiger partial charge in [-0.2, -0.15) is 0 Å². The van der Waals surface area contributed by atoms with Crippen molar-refractivity contribution in [2.24, 2.45) is 0 Å². The minimum Gasteiger partial charge on any atom is -0.396 e. The Labute approximate surface area is 36.8 Å². The molecule has 0 fully saturated rings. The smallest absolute Gasteiger partial charge is 0.198 e. The van der Waals surface area contributed by atoms with E-state index in [9.17, 15) is 4.79 Å². The second-order valence-corrected chi connectivity index (χ2v) is 0.971. The van der Waals surface area contributed by atoms with Crippen molar-refractivity contribution in [3.8, 4) is 0 Å². The quantitative estimate of drug-likeness (QED) is 0.487. The summed E-state index contributed by atoms with van der Waals surface area (Å²) >= 11 is 0. The molecule has 0 aromatic heterocycles. The van der Waals surface area contributed by atoms with Crippen molar-refractivity contribution >= 4 is 6.29 Å². The summed E-state index contributed by atoms with van der Waals surface area (Å²) in [6, 6.07) is 0. The minimum absolute atomic E-state index is 0.0925. The molecule has 1 N–H and O–H groups in total. The summed E-state index contributed by atoms with van der Waals surface area (Å²) in [7, 11) is 0. The van der Waals surface area contributed by atoms with Gasteiger partial charge in [0.1, 0.15) is 0 Å². The lowest BCUT2D eigenvalue weighted by Crippen LogP contribution is -1.80. The number of aliphatic hydroxyl groups excluding tert-OH is 1. The van der Waals surface area contributed by atoms with E-state index in [1.807, 2.05) is 0 Å². The molecule has 0 amide bonds. The third-order valence-corrected chi connectivity index (χ3v) is 0.437. The highest BCUT2D eigenvalue weighted by atomic mass is 16.3. The maximum Gasteiger partial charge on any atom is 0.198 e. The van der Waals surface area contributed by atoms with Crippen LogP contribution in [0.1, 0.15) is 12.8 Å². The summed E-state index contributed by atoms with van der Waals surface area (Å²) in [6.45, 7) is 0.0925. The summed E-state index contributed by atoms with van der Waals surface area (Å²) in [6.07, 6.45) is 2.56. The van der Waals surface area contributed by atoms with Crippen molar-refractivity contribution in [1.82, 2.24) is 0 Å². The first-order valence-corrected chi connectivity index (χ1v) is 1.87. The predicted octanol–water partition coefficient (Wildman–Crippen LogP) is -0.131. The Morgan fingerprint density at radius 2 is 2.33 bits per heavy atom. The number of aliphatic hydroxyl groups is 1. The van der Waals surface area contributed by atoms with Crippen LogP contribution in [0.15, 0.2) is 0 Å². The number of rotatable bonds is 3. The van der Waals surface area contributed by atoms with Crippen molar-refractivity contribution in [3.63, 3.8) is 0 Å². The molecule has 0 aromatic rings. The predicted molar refractivity (Wildman–Crippen MR) is 22.0 cm³/mol. The van der Waals surface area contributed by atoms with Gasteiger partial charge in [-0.3, -0.25) is 4.79 Å². The highest BCUT2D eigenvalue weighted by molar-refractivity contribution is 5.50. The van der Waals surface area contributed by atoms with E-state index in [-0.39, 0.29) is 6.61 Å². The zero-order valence-electron chi connectivity index (χ0n) is 3.48. The molecule has 0 aliphatic rings. The van der Waals surface area contributed by atoms with Gasteiger partial charge in [0.25, 0.3) is 0 Å². The van der Waals surface area contributed by atoms with Crippen molar-refractivity contribution in [3.05, 3.63) is 0 Å². The highest BCUT2D eigenvalue weighted by Crippen LogP contribution is 1.77. The molecule has 2 nitrogen and oxygen atoms in total. The van der Waals surface area contributed by atoms with E-state index < -0.39 is 0 Å². The zero-order valence-corrected chi connectivity index (χ0v) is 3.48. The number of hydrogen-bond donors (Lipinski definition) is 1. The number of hydrogen-bond acceptors (Lipinski definition) is 2.